The van der Waals surface area contributed by atoms with Crippen molar-refractivity contribution >= 4 is 32.4 Å². The van der Waals surface area contributed by atoms with E-state index in [1.54, 1.807) is 37.3 Å². The molecule has 3 rings (SSSR count). The molecule has 9 nitrogen and oxygen atoms in total. The predicted molar refractivity (Wildman–Crippen MR) is 113 cm³/mol. The van der Waals surface area contributed by atoms with Crippen LogP contribution in [0.25, 0.3) is 10.8 Å². The van der Waals surface area contributed by atoms with Gasteiger partial charge in [0.05, 0.1) is 24.1 Å². The molecule has 1 aromatic heterocycles. The van der Waals surface area contributed by atoms with Crippen LogP contribution in [0.5, 0.6) is 5.75 Å². The van der Waals surface area contributed by atoms with E-state index in [1.165, 1.54) is 26.2 Å². The van der Waals surface area contributed by atoms with Crippen molar-refractivity contribution in [1.29, 1.82) is 0 Å². The summed E-state index contributed by atoms with van der Waals surface area (Å²) >= 11 is 0. The minimum absolute atomic E-state index is 0.0419. The minimum Gasteiger partial charge on any atom is -0.492 e. The molecule has 2 aromatic carbocycles. The molecule has 0 aliphatic rings. The molecule has 0 aliphatic carbocycles. The average Bonchev–Trinajstić information content (AvgIpc) is 2.71. The zero-order valence-electron chi connectivity index (χ0n) is 16.8. The Balaban J connectivity index is 1.89. The lowest BCUT2D eigenvalue weighted by Crippen LogP contribution is -2.23. The number of carbonyl (C=O) groups excluding carboxylic acids is 1. The van der Waals surface area contributed by atoms with Gasteiger partial charge in [0.15, 0.2) is 0 Å². The number of amides is 1. The topological polar surface area (TPSA) is 121 Å². The number of benzene rings is 2. The number of anilines is 1. The van der Waals surface area contributed by atoms with E-state index >= 15 is 0 Å². The third-order valence-electron chi connectivity index (χ3n) is 4.39. The lowest BCUT2D eigenvalue weighted by Gasteiger charge is -2.16. The molecule has 0 aliphatic heterocycles. The standard InChI is InChI=1S/C20H22N4O5S/c1-4-29-17-10-9-13(11-18(17)30(27,28)24(2)3)21-19(25)12-16-14-7-5-6-8-15(14)20(26)23-22-16/h5-11H,4,12H2,1-3H3,(H,21,25)(H,23,26). The normalized spacial score (nSPS) is 11.6. The average molecular weight is 430 g/mol. The van der Waals surface area contributed by atoms with Crippen LogP contribution in [0.1, 0.15) is 12.6 Å². The largest absolute Gasteiger partial charge is 0.492 e. The van der Waals surface area contributed by atoms with Crippen LogP contribution in [-0.4, -0.2) is 49.5 Å². The van der Waals surface area contributed by atoms with Crippen molar-refractivity contribution < 1.29 is 17.9 Å². The molecule has 1 heterocycles. The van der Waals surface area contributed by atoms with Crippen molar-refractivity contribution in [3.05, 3.63) is 58.5 Å². The Morgan fingerprint density at radius 2 is 1.87 bits per heavy atom. The van der Waals surface area contributed by atoms with Crippen LogP contribution in [0, 0.1) is 0 Å². The first-order valence-electron chi connectivity index (χ1n) is 9.19. The van der Waals surface area contributed by atoms with E-state index in [0.717, 1.165) is 4.31 Å². The number of H-pyrrole nitrogens is 1. The van der Waals surface area contributed by atoms with E-state index in [1.807, 2.05) is 0 Å². The number of nitrogens with one attached hydrogen (secondary N) is 2. The van der Waals surface area contributed by atoms with Crippen molar-refractivity contribution in [2.45, 2.75) is 18.2 Å². The monoisotopic (exact) mass is 430 g/mol. The second kappa shape index (κ2) is 8.64. The number of aromatic amines is 1. The van der Waals surface area contributed by atoms with Crippen molar-refractivity contribution in [2.75, 3.05) is 26.0 Å². The van der Waals surface area contributed by atoms with Gasteiger partial charge >= 0.3 is 0 Å². The predicted octanol–water partition coefficient (Wildman–Crippen LogP) is 1.75. The van der Waals surface area contributed by atoms with Gasteiger partial charge in [-0.25, -0.2) is 17.8 Å². The van der Waals surface area contributed by atoms with Gasteiger partial charge in [0.2, 0.25) is 15.9 Å². The Morgan fingerprint density at radius 1 is 1.17 bits per heavy atom. The number of carbonyl (C=O) groups is 1. The van der Waals surface area contributed by atoms with Crippen LogP contribution >= 0.6 is 0 Å². The minimum atomic E-state index is -3.78. The quantitative estimate of drug-likeness (QED) is 0.589. The second-order valence-corrected chi connectivity index (χ2v) is 8.77. The van der Waals surface area contributed by atoms with Crippen molar-refractivity contribution in [2.24, 2.45) is 0 Å². The zero-order chi connectivity index (χ0) is 21.9. The van der Waals surface area contributed by atoms with Gasteiger partial charge < -0.3 is 10.1 Å². The fraction of sp³-hybridized carbons (Fsp3) is 0.250. The first-order chi connectivity index (χ1) is 14.2. The number of hydrogen-bond acceptors (Lipinski definition) is 6. The molecule has 0 unspecified atom stereocenters. The summed E-state index contributed by atoms with van der Waals surface area (Å²) in [5.41, 5.74) is 0.382. The number of nitrogens with zero attached hydrogens (tertiary/aromatic N) is 2. The molecule has 1 amide bonds. The lowest BCUT2D eigenvalue weighted by molar-refractivity contribution is -0.115. The van der Waals surface area contributed by atoms with Gasteiger partial charge in [0.25, 0.3) is 5.56 Å². The summed E-state index contributed by atoms with van der Waals surface area (Å²) < 4.78 is 31.8. The summed E-state index contributed by atoms with van der Waals surface area (Å²) in [7, 11) is -0.936. The fourth-order valence-corrected chi connectivity index (χ4v) is 3.97. The van der Waals surface area contributed by atoms with Crippen molar-refractivity contribution in [1.82, 2.24) is 14.5 Å². The van der Waals surface area contributed by atoms with E-state index in [-0.39, 0.29) is 22.6 Å². The maximum absolute atomic E-state index is 12.6. The Morgan fingerprint density at radius 3 is 2.53 bits per heavy atom. The fourth-order valence-electron chi connectivity index (χ4n) is 2.92. The highest BCUT2D eigenvalue weighted by atomic mass is 32.2. The van der Waals surface area contributed by atoms with Gasteiger partial charge in [-0.3, -0.25) is 9.59 Å². The number of fused-ring (bicyclic) bond motifs is 1. The molecule has 0 fully saturated rings. The summed E-state index contributed by atoms with van der Waals surface area (Å²) in [4.78, 5) is 24.4. The molecule has 0 atom stereocenters. The van der Waals surface area contributed by atoms with Crippen LogP contribution in [0.3, 0.4) is 0 Å². The summed E-state index contributed by atoms with van der Waals surface area (Å²) in [6.45, 7) is 2.05. The molecular formula is C20H22N4O5S. The maximum atomic E-state index is 12.6. The molecule has 0 radical (unpaired) electrons. The van der Waals surface area contributed by atoms with Crippen LogP contribution in [0.15, 0.2) is 52.2 Å². The number of aromatic nitrogens is 2. The zero-order valence-corrected chi connectivity index (χ0v) is 17.6. The highest BCUT2D eigenvalue weighted by Crippen LogP contribution is 2.29. The van der Waals surface area contributed by atoms with Gasteiger partial charge in [-0.1, -0.05) is 18.2 Å². The maximum Gasteiger partial charge on any atom is 0.272 e. The molecule has 0 saturated carbocycles. The number of rotatable bonds is 7. The van der Waals surface area contributed by atoms with Gasteiger partial charge in [-0.2, -0.15) is 5.10 Å². The van der Waals surface area contributed by atoms with E-state index in [4.69, 9.17) is 4.74 Å². The first kappa shape index (κ1) is 21.5. The molecule has 158 valence electrons. The molecule has 0 saturated heterocycles. The molecular weight excluding hydrogens is 408 g/mol. The molecule has 0 bridgehead atoms. The SMILES string of the molecule is CCOc1ccc(NC(=O)Cc2n[nH]c(=O)c3ccccc23)cc1S(=O)(=O)N(C)C. The number of sulfonamides is 1. The molecule has 30 heavy (non-hydrogen) atoms. The molecule has 2 N–H and O–H groups in total. The van der Waals surface area contributed by atoms with Crippen LogP contribution in [0.2, 0.25) is 0 Å². The first-order valence-corrected chi connectivity index (χ1v) is 10.6. The molecule has 3 aromatic rings. The van der Waals surface area contributed by atoms with Gasteiger partial charge in [0, 0.05) is 25.2 Å². The highest BCUT2D eigenvalue weighted by molar-refractivity contribution is 7.89. The Bertz CT molecular complexity index is 1250. The van der Waals surface area contributed by atoms with Crippen molar-refractivity contribution in [3.8, 4) is 5.75 Å². The van der Waals surface area contributed by atoms with Crippen molar-refractivity contribution in [3.63, 3.8) is 0 Å². The van der Waals surface area contributed by atoms with Gasteiger partial charge in [-0.05, 0) is 31.2 Å². The smallest absolute Gasteiger partial charge is 0.272 e. The van der Waals surface area contributed by atoms with Gasteiger partial charge in [-0.15, -0.1) is 0 Å². The second-order valence-electron chi connectivity index (χ2n) is 6.65. The number of hydrogen-bond donors (Lipinski definition) is 2. The Kier molecular flexibility index (Phi) is 6.18. The Labute approximate surface area is 173 Å². The van der Waals surface area contributed by atoms with E-state index in [2.05, 4.69) is 15.5 Å². The summed E-state index contributed by atoms with van der Waals surface area (Å²) in [5, 5.41) is 10.1. The molecule has 0 spiro atoms. The van der Waals surface area contributed by atoms with Crippen LogP contribution < -0.4 is 15.6 Å². The summed E-state index contributed by atoms with van der Waals surface area (Å²) in [6.07, 6.45) is -0.0970. The van der Waals surface area contributed by atoms with E-state index < -0.39 is 15.9 Å². The summed E-state index contributed by atoms with van der Waals surface area (Å²) in [6, 6.07) is 11.3. The van der Waals surface area contributed by atoms with E-state index in [9.17, 15) is 18.0 Å². The van der Waals surface area contributed by atoms with Gasteiger partial charge in [0.1, 0.15) is 10.6 Å². The number of ether oxygens (including phenoxy) is 1. The van der Waals surface area contributed by atoms with E-state index in [0.29, 0.717) is 28.8 Å². The third kappa shape index (κ3) is 4.34. The van der Waals surface area contributed by atoms with Crippen LogP contribution in [0.4, 0.5) is 5.69 Å². The lowest BCUT2D eigenvalue weighted by atomic mass is 10.1. The molecule has 10 heteroatoms. The third-order valence-corrected chi connectivity index (χ3v) is 6.23. The van der Waals surface area contributed by atoms with Crippen LogP contribution in [-0.2, 0) is 21.2 Å². The Hall–Kier alpha value is -3.24. The highest BCUT2D eigenvalue weighted by Gasteiger charge is 2.23. The summed E-state index contributed by atoms with van der Waals surface area (Å²) in [5.74, 6) is -0.199.